The molecule has 0 aliphatic carbocycles. The highest BCUT2D eigenvalue weighted by Crippen LogP contribution is 2.33. The molecular formula is C17H16F3N7O. The van der Waals surface area contributed by atoms with Crippen molar-refractivity contribution in [3.8, 4) is 17.1 Å². The number of aromatic nitrogens is 5. The van der Waals surface area contributed by atoms with Gasteiger partial charge in [0, 0.05) is 24.8 Å². The number of halogens is 3. The van der Waals surface area contributed by atoms with Gasteiger partial charge in [0.15, 0.2) is 11.5 Å². The first-order valence-electron chi connectivity index (χ1n) is 8.48. The van der Waals surface area contributed by atoms with E-state index in [9.17, 15) is 13.2 Å². The Morgan fingerprint density at radius 2 is 1.75 bits per heavy atom. The highest BCUT2D eigenvalue weighted by molar-refractivity contribution is 5.61. The van der Waals surface area contributed by atoms with Crippen LogP contribution in [0.3, 0.4) is 0 Å². The van der Waals surface area contributed by atoms with Gasteiger partial charge in [-0.25, -0.2) is 9.67 Å². The minimum atomic E-state index is -4.62. The molecule has 1 aliphatic rings. The summed E-state index contributed by atoms with van der Waals surface area (Å²) in [7, 11) is 0. The van der Waals surface area contributed by atoms with Crippen molar-refractivity contribution in [1.29, 1.82) is 0 Å². The maximum absolute atomic E-state index is 13.5. The highest BCUT2D eigenvalue weighted by atomic mass is 19.4. The van der Waals surface area contributed by atoms with E-state index in [-0.39, 0.29) is 17.3 Å². The van der Waals surface area contributed by atoms with E-state index in [1.165, 1.54) is 18.3 Å². The van der Waals surface area contributed by atoms with Crippen LogP contribution in [0.15, 0.2) is 36.5 Å². The number of morpholine rings is 1. The molecule has 3 aromatic rings. The molecule has 146 valence electrons. The van der Waals surface area contributed by atoms with Gasteiger partial charge in [-0.15, -0.1) is 10.2 Å². The lowest BCUT2D eigenvalue weighted by atomic mass is 10.2. The SMILES string of the molecule is Nc1ccc(-n2nc(-c3ccc(N4CCOCC4)nc3)cc2C(F)(F)F)nn1. The van der Waals surface area contributed by atoms with Crippen molar-refractivity contribution in [2.45, 2.75) is 6.18 Å². The average Bonchev–Trinajstić information content (AvgIpc) is 3.15. The second kappa shape index (κ2) is 7.08. The van der Waals surface area contributed by atoms with Crippen LogP contribution in [0.4, 0.5) is 24.8 Å². The Morgan fingerprint density at radius 1 is 1.00 bits per heavy atom. The first kappa shape index (κ1) is 18.2. The Kier molecular flexibility index (Phi) is 4.59. The third-order valence-corrected chi connectivity index (χ3v) is 4.27. The molecule has 1 fully saturated rings. The molecule has 0 radical (unpaired) electrons. The van der Waals surface area contributed by atoms with Crippen molar-refractivity contribution < 1.29 is 17.9 Å². The molecule has 0 unspecified atom stereocenters. The standard InChI is InChI=1S/C17H16F3N7O/c18-17(19,20)13-9-12(25-27(13)16-4-2-14(21)23-24-16)11-1-3-15(22-10-11)26-5-7-28-8-6-26/h1-4,9-10H,5-8H2,(H2,21,23). The number of hydrogen-bond acceptors (Lipinski definition) is 7. The number of nitrogen functional groups attached to an aromatic ring is 1. The number of nitrogens with zero attached hydrogens (tertiary/aromatic N) is 6. The summed E-state index contributed by atoms with van der Waals surface area (Å²) in [5, 5.41) is 11.4. The maximum atomic E-state index is 13.5. The lowest BCUT2D eigenvalue weighted by molar-refractivity contribution is -0.142. The van der Waals surface area contributed by atoms with Gasteiger partial charge in [-0.1, -0.05) is 0 Å². The second-order valence-corrected chi connectivity index (χ2v) is 6.15. The number of ether oxygens (including phenoxy) is 1. The fourth-order valence-corrected chi connectivity index (χ4v) is 2.86. The second-order valence-electron chi connectivity index (χ2n) is 6.15. The summed E-state index contributed by atoms with van der Waals surface area (Å²) >= 11 is 0. The number of nitrogens with two attached hydrogens (primary N) is 1. The Bertz CT molecular complexity index is 948. The molecule has 4 heterocycles. The Labute approximate surface area is 157 Å². The highest BCUT2D eigenvalue weighted by Gasteiger charge is 2.37. The fourth-order valence-electron chi connectivity index (χ4n) is 2.86. The van der Waals surface area contributed by atoms with E-state index in [4.69, 9.17) is 10.5 Å². The summed E-state index contributed by atoms with van der Waals surface area (Å²) in [6, 6.07) is 7.11. The third-order valence-electron chi connectivity index (χ3n) is 4.27. The van der Waals surface area contributed by atoms with Crippen molar-refractivity contribution >= 4 is 11.6 Å². The Hall–Kier alpha value is -3.21. The quantitative estimate of drug-likeness (QED) is 0.731. The number of alkyl halides is 3. The van der Waals surface area contributed by atoms with Gasteiger partial charge < -0.3 is 15.4 Å². The zero-order valence-electron chi connectivity index (χ0n) is 14.6. The third kappa shape index (κ3) is 3.60. The van der Waals surface area contributed by atoms with Crippen LogP contribution >= 0.6 is 0 Å². The minimum Gasteiger partial charge on any atom is -0.382 e. The molecule has 0 saturated carbocycles. The Morgan fingerprint density at radius 3 is 2.36 bits per heavy atom. The van der Waals surface area contributed by atoms with Crippen molar-refractivity contribution in [2.75, 3.05) is 36.9 Å². The molecule has 0 atom stereocenters. The zero-order valence-corrected chi connectivity index (χ0v) is 14.6. The number of pyridine rings is 1. The van der Waals surface area contributed by atoms with E-state index < -0.39 is 11.9 Å². The smallest absolute Gasteiger partial charge is 0.382 e. The molecule has 1 saturated heterocycles. The lowest BCUT2D eigenvalue weighted by Gasteiger charge is -2.27. The summed E-state index contributed by atoms with van der Waals surface area (Å²) in [6.45, 7) is 2.67. The maximum Gasteiger partial charge on any atom is 0.433 e. The summed E-state index contributed by atoms with van der Waals surface area (Å²) in [5.74, 6) is 0.769. The van der Waals surface area contributed by atoms with Gasteiger partial charge in [-0.3, -0.25) is 0 Å². The van der Waals surface area contributed by atoms with Crippen molar-refractivity contribution in [1.82, 2.24) is 25.0 Å². The monoisotopic (exact) mass is 391 g/mol. The van der Waals surface area contributed by atoms with Crippen LogP contribution in [0.2, 0.25) is 0 Å². The molecule has 0 amide bonds. The first-order valence-corrected chi connectivity index (χ1v) is 8.48. The number of rotatable bonds is 3. The van der Waals surface area contributed by atoms with E-state index in [2.05, 4.69) is 25.2 Å². The van der Waals surface area contributed by atoms with Crippen molar-refractivity contribution in [2.24, 2.45) is 0 Å². The average molecular weight is 391 g/mol. The molecular weight excluding hydrogens is 375 g/mol. The molecule has 28 heavy (non-hydrogen) atoms. The van der Waals surface area contributed by atoms with Gasteiger partial charge in [0.05, 0.1) is 18.9 Å². The van der Waals surface area contributed by atoms with E-state index in [0.717, 1.165) is 25.0 Å². The molecule has 11 heteroatoms. The molecule has 3 aromatic heterocycles. The number of anilines is 2. The number of hydrogen-bond donors (Lipinski definition) is 1. The Balaban J connectivity index is 1.69. The summed E-state index contributed by atoms with van der Waals surface area (Å²) in [4.78, 5) is 6.41. The fraction of sp³-hybridized carbons (Fsp3) is 0.294. The van der Waals surface area contributed by atoms with Crippen molar-refractivity contribution in [3.63, 3.8) is 0 Å². The van der Waals surface area contributed by atoms with Gasteiger partial charge in [0.2, 0.25) is 0 Å². The minimum absolute atomic E-state index is 0.0781. The van der Waals surface area contributed by atoms with Crippen LogP contribution < -0.4 is 10.6 Å². The van der Waals surface area contributed by atoms with Gasteiger partial charge in [-0.05, 0) is 30.3 Å². The largest absolute Gasteiger partial charge is 0.433 e. The van der Waals surface area contributed by atoms with Gasteiger partial charge in [-0.2, -0.15) is 18.3 Å². The zero-order chi connectivity index (χ0) is 19.7. The van der Waals surface area contributed by atoms with Crippen LogP contribution in [-0.4, -0.2) is 51.3 Å². The summed E-state index contributed by atoms with van der Waals surface area (Å²) in [6.07, 6.45) is -3.11. The van der Waals surface area contributed by atoms with Crippen LogP contribution in [0, 0.1) is 0 Å². The molecule has 8 nitrogen and oxygen atoms in total. The molecule has 0 aromatic carbocycles. The normalized spacial score (nSPS) is 15.0. The van der Waals surface area contributed by atoms with Gasteiger partial charge >= 0.3 is 6.18 Å². The van der Waals surface area contributed by atoms with Crippen LogP contribution in [0.1, 0.15) is 5.69 Å². The van der Waals surface area contributed by atoms with Gasteiger partial charge in [0.1, 0.15) is 11.6 Å². The van der Waals surface area contributed by atoms with Crippen molar-refractivity contribution in [3.05, 3.63) is 42.2 Å². The summed E-state index contributed by atoms with van der Waals surface area (Å²) in [5.41, 5.74) is 5.09. The first-order chi connectivity index (χ1) is 13.4. The molecule has 0 spiro atoms. The van der Waals surface area contributed by atoms with Crippen LogP contribution in [0.25, 0.3) is 17.1 Å². The topological polar surface area (TPSA) is 95.0 Å². The predicted octanol–water partition coefficient (Wildman–Crippen LogP) is 2.16. The van der Waals surface area contributed by atoms with Crippen LogP contribution in [0.5, 0.6) is 0 Å². The molecule has 2 N–H and O–H groups in total. The van der Waals surface area contributed by atoms with E-state index in [1.807, 2.05) is 0 Å². The molecule has 1 aliphatic heterocycles. The predicted molar refractivity (Wildman–Crippen MR) is 94.8 cm³/mol. The lowest BCUT2D eigenvalue weighted by Crippen LogP contribution is -2.36. The molecule has 4 rings (SSSR count). The van der Waals surface area contributed by atoms with E-state index >= 15 is 0 Å². The van der Waals surface area contributed by atoms with Crippen LogP contribution in [-0.2, 0) is 10.9 Å². The molecule has 0 bridgehead atoms. The summed E-state index contributed by atoms with van der Waals surface area (Å²) < 4.78 is 46.5. The van der Waals surface area contributed by atoms with E-state index in [0.29, 0.717) is 23.5 Å². The van der Waals surface area contributed by atoms with Gasteiger partial charge in [0.25, 0.3) is 0 Å². The van der Waals surface area contributed by atoms with E-state index in [1.54, 1.807) is 12.1 Å².